The zero-order valence-electron chi connectivity index (χ0n) is 17.2. The largest absolute Gasteiger partial charge is 0.457 e. The first-order valence-corrected chi connectivity index (χ1v) is 10.9. The van der Waals surface area contributed by atoms with E-state index < -0.39 is 0 Å². The number of hydrogen-bond acceptors (Lipinski definition) is 3. The lowest BCUT2D eigenvalue weighted by Crippen LogP contribution is -2.12. The fourth-order valence-electron chi connectivity index (χ4n) is 3.30. The van der Waals surface area contributed by atoms with Gasteiger partial charge in [-0.3, -0.25) is 0 Å². The van der Waals surface area contributed by atoms with Gasteiger partial charge in [0.2, 0.25) is 0 Å². The van der Waals surface area contributed by atoms with Gasteiger partial charge in [-0.1, -0.05) is 96.3 Å². The van der Waals surface area contributed by atoms with Crippen molar-refractivity contribution < 1.29 is 9.53 Å². The summed E-state index contributed by atoms with van der Waals surface area (Å²) >= 11 is 0. The molecule has 0 saturated heterocycles. The summed E-state index contributed by atoms with van der Waals surface area (Å²) in [6, 6.07) is 0. The Labute approximate surface area is 157 Å². The van der Waals surface area contributed by atoms with E-state index in [0.29, 0.717) is 6.61 Å². The van der Waals surface area contributed by atoms with Crippen molar-refractivity contribution in [2.75, 3.05) is 27.2 Å². The maximum Gasteiger partial charge on any atom is 0.417 e. The van der Waals surface area contributed by atoms with E-state index in [1.54, 1.807) is 0 Å². The monoisotopic (exact) mass is 354 g/mol. The second-order valence-corrected chi connectivity index (χ2v) is 7.75. The molecule has 0 rings (SSSR count). The van der Waals surface area contributed by atoms with Gasteiger partial charge in [-0.05, 0) is 33.5 Å². The molecule has 0 saturated carbocycles. The maximum absolute atomic E-state index is 9.86. The summed E-state index contributed by atoms with van der Waals surface area (Å²) in [5.74, 6) is 0. The van der Waals surface area contributed by atoms with E-state index in [0.717, 1.165) is 6.42 Å². The normalized spacial score (nSPS) is 11.2. The maximum atomic E-state index is 9.86. The van der Waals surface area contributed by atoms with Crippen LogP contribution in [0.25, 0.3) is 0 Å². The van der Waals surface area contributed by atoms with E-state index in [2.05, 4.69) is 23.7 Å². The van der Waals surface area contributed by atoms with Gasteiger partial charge in [-0.2, -0.15) is 0 Å². The van der Waals surface area contributed by atoms with Crippen LogP contribution in [0.3, 0.4) is 0 Å². The molecule has 0 bridgehead atoms. The average molecular weight is 355 g/mol. The van der Waals surface area contributed by atoms with Crippen LogP contribution in [-0.4, -0.2) is 38.6 Å². The molecule has 0 aromatic carbocycles. The van der Waals surface area contributed by atoms with Gasteiger partial charge in [0.15, 0.2) is 0 Å². The Bertz CT molecular complexity index is 256. The van der Waals surface area contributed by atoms with Crippen LogP contribution in [0.1, 0.15) is 109 Å². The first kappa shape index (κ1) is 24.4. The first-order chi connectivity index (χ1) is 12.3. The third-order valence-electron chi connectivity index (χ3n) is 4.91. The summed E-state index contributed by atoms with van der Waals surface area (Å²) in [5, 5.41) is 0. The Morgan fingerprint density at radius 2 is 0.880 bits per heavy atom. The number of nitrogens with zero attached hydrogens (tertiary/aromatic N) is 1. The van der Waals surface area contributed by atoms with Crippen LogP contribution in [0.4, 0.5) is 0 Å². The molecule has 0 fully saturated rings. The van der Waals surface area contributed by atoms with E-state index in [1.165, 1.54) is 116 Å². The molecule has 3 nitrogen and oxygen atoms in total. The zero-order chi connectivity index (χ0) is 18.4. The van der Waals surface area contributed by atoms with E-state index in [9.17, 15) is 4.79 Å². The molecule has 0 spiro atoms. The highest BCUT2D eigenvalue weighted by Gasteiger charge is 1.96. The van der Waals surface area contributed by atoms with Gasteiger partial charge in [0.1, 0.15) is 0 Å². The molecule has 0 atom stereocenters. The molecular formula is C22H44NO2. The predicted molar refractivity (Wildman–Crippen MR) is 109 cm³/mol. The van der Waals surface area contributed by atoms with Gasteiger partial charge >= 0.3 is 6.47 Å². The van der Waals surface area contributed by atoms with Crippen molar-refractivity contribution in [1.82, 2.24) is 4.90 Å². The molecule has 0 aliphatic carbocycles. The van der Waals surface area contributed by atoms with Gasteiger partial charge in [0.25, 0.3) is 0 Å². The van der Waals surface area contributed by atoms with E-state index in [1.807, 2.05) is 0 Å². The Morgan fingerprint density at radius 1 is 0.560 bits per heavy atom. The van der Waals surface area contributed by atoms with Crippen molar-refractivity contribution in [3.05, 3.63) is 0 Å². The van der Waals surface area contributed by atoms with Crippen molar-refractivity contribution in [2.45, 2.75) is 109 Å². The van der Waals surface area contributed by atoms with Crippen molar-refractivity contribution in [3.63, 3.8) is 0 Å². The molecule has 0 aliphatic rings. The Balaban J connectivity index is 2.97. The quantitative estimate of drug-likeness (QED) is 0.228. The molecule has 25 heavy (non-hydrogen) atoms. The second kappa shape index (κ2) is 21.5. The Morgan fingerprint density at radius 3 is 1.20 bits per heavy atom. The first-order valence-electron chi connectivity index (χ1n) is 10.9. The van der Waals surface area contributed by atoms with E-state index in [4.69, 9.17) is 0 Å². The number of unbranched alkanes of at least 4 members (excludes halogenated alkanes) is 16. The number of ether oxygens (including phenoxy) is 1. The molecular weight excluding hydrogens is 310 g/mol. The van der Waals surface area contributed by atoms with Crippen molar-refractivity contribution in [3.8, 4) is 0 Å². The Kier molecular flexibility index (Phi) is 21.0. The Hall–Kier alpha value is -0.570. The summed E-state index contributed by atoms with van der Waals surface area (Å²) < 4.78 is 4.56. The molecule has 0 aromatic rings. The van der Waals surface area contributed by atoms with Crippen LogP contribution in [0.5, 0.6) is 0 Å². The van der Waals surface area contributed by atoms with Crippen molar-refractivity contribution in [2.24, 2.45) is 0 Å². The molecule has 0 amide bonds. The van der Waals surface area contributed by atoms with Crippen LogP contribution >= 0.6 is 0 Å². The SMILES string of the molecule is CN(C)CCCCCCCCCCCCCCCCCCCO[C]=O. The number of hydrogen-bond donors (Lipinski definition) is 0. The highest BCUT2D eigenvalue weighted by Crippen LogP contribution is 2.14. The number of rotatable bonds is 21. The molecule has 0 unspecified atom stereocenters. The standard InChI is InChI=1S/C22H44NO2/c1-23(2)20-18-16-14-12-10-8-6-4-3-5-7-9-11-13-15-17-19-21-25-22-24/h3-21H2,1-2H3. The third kappa shape index (κ3) is 23.4. The molecule has 0 heterocycles. The zero-order valence-corrected chi connectivity index (χ0v) is 17.2. The van der Waals surface area contributed by atoms with E-state index >= 15 is 0 Å². The molecule has 0 aliphatic heterocycles. The number of carbonyl (C=O) groups excluding carboxylic acids is 1. The van der Waals surface area contributed by atoms with Crippen molar-refractivity contribution in [1.29, 1.82) is 0 Å². The van der Waals surface area contributed by atoms with Crippen LogP contribution in [0, 0.1) is 0 Å². The second-order valence-electron chi connectivity index (χ2n) is 7.75. The van der Waals surface area contributed by atoms with Gasteiger partial charge in [0, 0.05) is 0 Å². The van der Waals surface area contributed by atoms with E-state index in [-0.39, 0.29) is 0 Å². The summed E-state index contributed by atoms with van der Waals surface area (Å²) in [5.41, 5.74) is 0. The lowest BCUT2D eigenvalue weighted by atomic mass is 10.0. The van der Waals surface area contributed by atoms with Crippen LogP contribution in [-0.2, 0) is 9.53 Å². The highest BCUT2D eigenvalue weighted by atomic mass is 16.5. The molecule has 0 aromatic heterocycles. The minimum absolute atomic E-state index is 0.542. The summed E-state index contributed by atoms with van der Waals surface area (Å²) in [6.45, 7) is 3.26. The van der Waals surface area contributed by atoms with Crippen LogP contribution in [0.2, 0.25) is 0 Å². The molecule has 149 valence electrons. The van der Waals surface area contributed by atoms with Crippen LogP contribution in [0.15, 0.2) is 0 Å². The molecule has 0 N–H and O–H groups in total. The summed E-state index contributed by atoms with van der Waals surface area (Å²) in [7, 11) is 4.32. The smallest absolute Gasteiger partial charge is 0.417 e. The lowest BCUT2D eigenvalue weighted by Gasteiger charge is -2.08. The van der Waals surface area contributed by atoms with Crippen molar-refractivity contribution >= 4 is 6.47 Å². The molecule has 3 heteroatoms. The average Bonchev–Trinajstić information content (AvgIpc) is 2.60. The third-order valence-corrected chi connectivity index (χ3v) is 4.91. The van der Waals surface area contributed by atoms with Gasteiger partial charge in [0.05, 0.1) is 6.61 Å². The minimum Gasteiger partial charge on any atom is -0.457 e. The fourth-order valence-corrected chi connectivity index (χ4v) is 3.30. The van der Waals surface area contributed by atoms with Gasteiger partial charge in [-0.25, -0.2) is 4.79 Å². The predicted octanol–water partition coefficient (Wildman–Crippen LogP) is 6.26. The minimum atomic E-state index is 0.542. The summed E-state index contributed by atoms with van der Waals surface area (Å²) in [4.78, 5) is 12.1. The highest BCUT2D eigenvalue weighted by molar-refractivity contribution is 5.37. The van der Waals surface area contributed by atoms with Gasteiger partial charge < -0.3 is 9.64 Å². The summed E-state index contributed by atoms with van der Waals surface area (Å²) in [6.07, 6.45) is 23.2. The fraction of sp³-hybridized carbons (Fsp3) is 0.955. The topological polar surface area (TPSA) is 29.5 Å². The lowest BCUT2D eigenvalue weighted by molar-refractivity contribution is 0.268. The van der Waals surface area contributed by atoms with Crippen LogP contribution < -0.4 is 0 Å². The van der Waals surface area contributed by atoms with Gasteiger partial charge in [-0.15, -0.1) is 0 Å². The molecule has 1 radical (unpaired) electrons.